The highest BCUT2D eigenvalue weighted by Gasteiger charge is 2.40. The van der Waals surface area contributed by atoms with Gasteiger partial charge in [0.05, 0.1) is 14.2 Å². The lowest BCUT2D eigenvalue weighted by Crippen LogP contribution is -2.46. The summed E-state index contributed by atoms with van der Waals surface area (Å²) in [5, 5.41) is 24.5. The van der Waals surface area contributed by atoms with E-state index < -0.39 is 0 Å². The second kappa shape index (κ2) is 9.07. The molecule has 3 aliphatic rings. The summed E-state index contributed by atoms with van der Waals surface area (Å²) < 4.78 is 10.8. The van der Waals surface area contributed by atoms with Crippen molar-refractivity contribution in [2.75, 3.05) is 33.9 Å². The summed E-state index contributed by atoms with van der Waals surface area (Å²) in [5.41, 5.74) is 5.06. The zero-order chi connectivity index (χ0) is 23.1. The minimum atomic E-state index is 0.227. The summed E-state index contributed by atoms with van der Waals surface area (Å²) in [5.74, 6) is 2.82. The molecule has 2 aromatic carbocycles. The number of fused-ring (bicyclic) bond motifs is 4. The maximum absolute atomic E-state index is 10.5. The van der Waals surface area contributed by atoms with Gasteiger partial charge in [-0.25, -0.2) is 0 Å². The quantitative estimate of drug-likeness (QED) is 0.627. The first kappa shape index (κ1) is 22.4. The van der Waals surface area contributed by atoms with Crippen molar-refractivity contribution >= 4 is 0 Å². The van der Waals surface area contributed by atoms with Crippen LogP contribution in [0.15, 0.2) is 24.3 Å². The molecule has 33 heavy (non-hydrogen) atoms. The van der Waals surface area contributed by atoms with E-state index in [0.717, 1.165) is 45.3 Å². The Balaban J connectivity index is 1.42. The molecule has 3 heterocycles. The normalized spacial score (nSPS) is 26.8. The number of rotatable bonds is 5. The van der Waals surface area contributed by atoms with E-state index in [1.165, 1.54) is 28.7 Å². The predicted octanol–water partition coefficient (Wildman–Crippen LogP) is 4.34. The molecule has 0 amide bonds. The molecule has 3 aliphatic heterocycles. The van der Waals surface area contributed by atoms with E-state index >= 15 is 0 Å². The molecule has 0 aliphatic carbocycles. The Hall–Kier alpha value is -2.44. The Bertz CT molecular complexity index is 1020. The maximum atomic E-state index is 10.5. The number of piperidine rings is 1. The summed E-state index contributed by atoms with van der Waals surface area (Å²) in [6.07, 6.45) is 5.27. The third kappa shape index (κ3) is 4.04. The minimum Gasteiger partial charge on any atom is -0.504 e. The van der Waals surface area contributed by atoms with Crippen LogP contribution in [0.5, 0.6) is 23.0 Å². The fourth-order valence-electron chi connectivity index (χ4n) is 6.44. The molecule has 0 bridgehead atoms. The monoisotopic (exact) mass is 452 g/mol. The number of nitrogens with zero attached hydrogens (tertiary/aromatic N) is 1. The third-order valence-corrected chi connectivity index (χ3v) is 8.23. The standard InChI is InChI=1S/C27H36N2O4/c1-4-16-15-29-8-6-18-12-26(32-2)25(31)13-21(18)23(29)10-19(16)9-22-20-14-27(33-3)24(30)11-17(20)5-7-28-22/h11-14,16,19,22-23,28,30-31H,4-10,15H2,1-3H3. The van der Waals surface area contributed by atoms with Crippen LogP contribution in [0.2, 0.25) is 0 Å². The molecule has 4 unspecified atom stereocenters. The topological polar surface area (TPSA) is 74.2 Å². The Morgan fingerprint density at radius 2 is 1.67 bits per heavy atom. The van der Waals surface area contributed by atoms with Gasteiger partial charge in [0.2, 0.25) is 0 Å². The van der Waals surface area contributed by atoms with Gasteiger partial charge in [-0.15, -0.1) is 0 Å². The smallest absolute Gasteiger partial charge is 0.160 e. The molecular formula is C27H36N2O4. The summed E-state index contributed by atoms with van der Waals surface area (Å²) in [4.78, 5) is 2.63. The number of ether oxygens (including phenoxy) is 2. The number of hydrogen-bond acceptors (Lipinski definition) is 6. The highest BCUT2D eigenvalue weighted by Crippen LogP contribution is 2.47. The average Bonchev–Trinajstić information content (AvgIpc) is 2.83. The highest BCUT2D eigenvalue weighted by molar-refractivity contribution is 5.50. The number of aromatic hydroxyl groups is 2. The fourth-order valence-corrected chi connectivity index (χ4v) is 6.44. The third-order valence-electron chi connectivity index (χ3n) is 8.23. The van der Waals surface area contributed by atoms with E-state index in [9.17, 15) is 10.2 Å². The van der Waals surface area contributed by atoms with Gasteiger partial charge in [-0.05, 0) is 90.6 Å². The highest BCUT2D eigenvalue weighted by atomic mass is 16.5. The summed E-state index contributed by atoms with van der Waals surface area (Å²) in [6, 6.07) is 8.49. The molecule has 2 aromatic rings. The van der Waals surface area contributed by atoms with Gasteiger partial charge in [0.1, 0.15) is 0 Å². The van der Waals surface area contributed by atoms with E-state index in [1.54, 1.807) is 14.2 Å². The first-order valence-electron chi connectivity index (χ1n) is 12.3. The van der Waals surface area contributed by atoms with Crippen molar-refractivity contribution in [1.29, 1.82) is 0 Å². The second-order valence-corrected chi connectivity index (χ2v) is 9.86. The lowest BCUT2D eigenvalue weighted by atomic mass is 9.72. The van der Waals surface area contributed by atoms with Crippen molar-refractivity contribution in [2.24, 2.45) is 11.8 Å². The molecule has 1 fully saturated rings. The van der Waals surface area contributed by atoms with Crippen molar-refractivity contribution in [1.82, 2.24) is 10.2 Å². The van der Waals surface area contributed by atoms with E-state index in [2.05, 4.69) is 17.1 Å². The molecule has 6 heteroatoms. The van der Waals surface area contributed by atoms with Crippen LogP contribution in [0.1, 0.15) is 60.5 Å². The van der Waals surface area contributed by atoms with Crippen LogP contribution in [0, 0.1) is 11.8 Å². The SMILES string of the molecule is CCC1CN2CCc3cc(OC)c(O)cc3C2CC1CC1NCCc2cc(O)c(OC)cc21. The van der Waals surface area contributed by atoms with Crippen molar-refractivity contribution < 1.29 is 19.7 Å². The van der Waals surface area contributed by atoms with Gasteiger partial charge in [0.15, 0.2) is 23.0 Å². The molecule has 5 rings (SSSR count). The van der Waals surface area contributed by atoms with Crippen LogP contribution >= 0.6 is 0 Å². The summed E-state index contributed by atoms with van der Waals surface area (Å²) >= 11 is 0. The Kier molecular flexibility index (Phi) is 6.14. The van der Waals surface area contributed by atoms with Crippen LogP contribution in [-0.4, -0.2) is 49.0 Å². The van der Waals surface area contributed by atoms with Gasteiger partial charge >= 0.3 is 0 Å². The van der Waals surface area contributed by atoms with Gasteiger partial charge < -0.3 is 25.0 Å². The van der Waals surface area contributed by atoms with Crippen LogP contribution in [0.25, 0.3) is 0 Å². The van der Waals surface area contributed by atoms with Crippen molar-refractivity contribution in [2.45, 2.75) is 51.1 Å². The van der Waals surface area contributed by atoms with Crippen LogP contribution in [0.4, 0.5) is 0 Å². The lowest BCUT2D eigenvalue weighted by molar-refractivity contribution is 0.0434. The molecular weight excluding hydrogens is 416 g/mol. The van der Waals surface area contributed by atoms with Crippen molar-refractivity contribution in [3.05, 3.63) is 46.5 Å². The van der Waals surface area contributed by atoms with Crippen LogP contribution in [-0.2, 0) is 12.8 Å². The molecule has 3 N–H and O–H groups in total. The predicted molar refractivity (Wildman–Crippen MR) is 128 cm³/mol. The number of nitrogens with one attached hydrogen (secondary N) is 1. The van der Waals surface area contributed by atoms with Gasteiger partial charge in [-0.3, -0.25) is 4.90 Å². The molecule has 0 aromatic heterocycles. The molecule has 0 radical (unpaired) electrons. The zero-order valence-corrected chi connectivity index (χ0v) is 19.9. The molecule has 1 saturated heterocycles. The lowest BCUT2D eigenvalue weighted by Gasteiger charge is -2.48. The van der Waals surface area contributed by atoms with Gasteiger partial charge in [0, 0.05) is 25.2 Å². The zero-order valence-electron chi connectivity index (χ0n) is 19.9. The minimum absolute atomic E-state index is 0.227. The van der Waals surface area contributed by atoms with Crippen LogP contribution in [0.3, 0.4) is 0 Å². The van der Waals surface area contributed by atoms with Gasteiger partial charge in [-0.1, -0.05) is 13.3 Å². The molecule has 0 saturated carbocycles. The first-order valence-corrected chi connectivity index (χ1v) is 12.3. The number of hydrogen-bond donors (Lipinski definition) is 3. The molecule has 6 nitrogen and oxygen atoms in total. The number of methoxy groups -OCH3 is 2. The Morgan fingerprint density at radius 3 is 2.42 bits per heavy atom. The van der Waals surface area contributed by atoms with Gasteiger partial charge in [0.25, 0.3) is 0 Å². The van der Waals surface area contributed by atoms with E-state index in [1.807, 2.05) is 24.3 Å². The Morgan fingerprint density at radius 1 is 0.939 bits per heavy atom. The molecule has 4 atom stereocenters. The van der Waals surface area contributed by atoms with Crippen molar-refractivity contribution in [3.8, 4) is 23.0 Å². The van der Waals surface area contributed by atoms with Crippen LogP contribution < -0.4 is 14.8 Å². The maximum Gasteiger partial charge on any atom is 0.160 e. The van der Waals surface area contributed by atoms with E-state index in [0.29, 0.717) is 29.4 Å². The van der Waals surface area contributed by atoms with Gasteiger partial charge in [-0.2, -0.15) is 0 Å². The number of phenolic OH excluding ortho intramolecular Hbond substituents is 2. The van der Waals surface area contributed by atoms with E-state index in [-0.39, 0.29) is 17.5 Å². The molecule has 0 spiro atoms. The summed E-state index contributed by atoms with van der Waals surface area (Å²) in [7, 11) is 3.23. The summed E-state index contributed by atoms with van der Waals surface area (Å²) in [6.45, 7) is 5.42. The number of phenols is 2. The Labute approximate surface area is 196 Å². The largest absolute Gasteiger partial charge is 0.504 e. The fraction of sp³-hybridized carbons (Fsp3) is 0.556. The molecule has 178 valence electrons. The second-order valence-electron chi connectivity index (χ2n) is 9.86. The van der Waals surface area contributed by atoms with Crippen molar-refractivity contribution in [3.63, 3.8) is 0 Å². The first-order chi connectivity index (χ1) is 16.0. The number of benzene rings is 2. The van der Waals surface area contributed by atoms with E-state index in [4.69, 9.17) is 9.47 Å². The average molecular weight is 453 g/mol.